The summed E-state index contributed by atoms with van der Waals surface area (Å²) in [7, 11) is 0. The average Bonchev–Trinajstić information content (AvgIpc) is 2.16. The van der Waals surface area contributed by atoms with Crippen molar-refractivity contribution in [2.45, 2.75) is 6.92 Å². The van der Waals surface area contributed by atoms with Crippen molar-refractivity contribution in [3.8, 4) is 5.75 Å². The Morgan fingerprint density at radius 1 is 1.47 bits per heavy atom. The maximum atomic E-state index is 11.4. The largest absolute Gasteiger partial charge is 0.507 e. The fourth-order valence-corrected chi connectivity index (χ4v) is 1.39. The average molecular weight is 204 g/mol. The lowest BCUT2D eigenvalue weighted by Gasteiger charge is -2.01. The maximum Gasteiger partial charge on any atom is 0.258 e. The fourth-order valence-electron chi connectivity index (χ4n) is 1.39. The summed E-state index contributed by atoms with van der Waals surface area (Å²) in [5.41, 5.74) is 0.157. The number of hydrogen-bond donors (Lipinski definition) is 2. The lowest BCUT2D eigenvalue weighted by atomic mass is 10.1. The molecule has 0 unspecified atom stereocenters. The molecule has 0 radical (unpaired) electrons. The van der Waals surface area contributed by atoms with Gasteiger partial charge in [-0.05, 0) is 13.0 Å². The molecule has 0 aliphatic heterocycles. The van der Waals surface area contributed by atoms with Crippen molar-refractivity contribution >= 4 is 16.7 Å². The number of phenolic OH excluding ortho intramolecular Hbond substituents is 1. The number of carbonyl (C=O) groups excluding carboxylic acids is 1. The van der Waals surface area contributed by atoms with Crippen LogP contribution in [0.15, 0.2) is 23.3 Å². The Morgan fingerprint density at radius 3 is 2.87 bits per heavy atom. The zero-order valence-electron chi connectivity index (χ0n) is 7.94. The quantitative estimate of drug-likeness (QED) is 0.674. The number of nitrogens with zero attached hydrogens (tertiary/aromatic N) is 1. The molecule has 0 spiro atoms. The van der Waals surface area contributed by atoms with Crippen molar-refractivity contribution in [3.63, 3.8) is 0 Å². The minimum Gasteiger partial charge on any atom is -0.507 e. The van der Waals surface area contributed by atoms with Crippen LogP contribution >= 0.6 is 0 Å². The van der Waals surface area contributed by atoms with Crippen molar-refractivity contribution in [3.05, 3.63) is 34.4 Å². The second-order valence-electron chi connectivity index (χ2n) is 3.17. The second kappa shape index (κ2) is 3.20. The van der Waals surface area contributed by atoms with Crippen molar-refractivity contribution < 1.29 is 9.90 Å². The smallest absolute Gasteiger partial charge is 0.258 e. The van der Waals surface area contributed by atoms with E-state index in [1.165, 1.54) is 25.4 Å². The van der Waals surface area contributed by atoms with Gasteiger partial charge in [-0.15, -0.1) is 0 Å². The number of nitrogens with one attached hydrogen (secondary N) is 1. The molecule has 2 aromatic rings. The van der Waals surface area contributed by atoms with Gasteiger partial charge < -0.3 is 10.1 Å². The first-order valence-corrected chi connectivity index (χ1v) is 4.31. The third kappa shape index (κ3) is 1.48. The number of H-pyrrole nitrogens is 1. The molecule has 1 aromatic heterocycles. The van der Waals surface area contributed by atoms with E-state index in [4.69, 9.17) is 0 Å². The number of hydrogen-bond acceptors (Lipinski definition) is 4. The van der Waals surface area contributed by atoms with E-state index in [2.05, 4.69) is 9.97 Å². The van der Waals surface area contributed by atoms with Crippen molar-refractivity contribution in [2.75, 3.05) is 0 Å². The molecule has 2 rings (SSSR count). The number of fused-ring (bicyclic) bond motifs is 1. The summed E-state index contributed by atoms with van der Waals surface area (Å²) >= 11 is 0. The molecule has 0 amide bonds. The summed E-state index contributed by atoms with van der Waals surface area (Å²) in [6, 6.07) is 2.65. The van der Waals surface area contributed by atoms with Gasteiger partial charge in [0.15, 0.2) is 5.78 Å². The van der Waals surface area contributed by atoms with Crippen LogP contribution in [0.25, 0.3) is 10.9 Å². The lowest BCUT2D eigenvalue weighted by molar-refractivity contribution is 0.101. The molecule has 2 N–H and O–H groups in total. The molecule has 5 nitrogen and oxygen atoms in total. The predicted molar refractivity (Wildman–Crippen MR) is 54.0 cm³/mol. The molecule has 0 fully saturated rings. The van der Waals surface area contributed by atoms with E-state index >= 15 is 0 Å². The van der Waals surface area contributed by atoms with Gasteiger partial charge in [0.1, 0.15) is 5.75 Å². The third-order valence-electron chi connectivity index (χ3n) is 2.14. The van der Waals surface area contributed by atoms with Crippen molar-refractivity contribution in [1.82, 2.24) is 9.97 Å². The maximum absolute atomic E-state index is 11.4. The molecular weight excluding hydrogens is 196 g/mol. The molecule has 0 aliphatic carbocycles. The predicted octanol–water partition coefficient (Wildman–Crippen LogP) is 0.831. The van der Waals surface area contributed by atoms with Gasteiger partial charge in [0.25, 0.3) is 5.56 Å². The Balaban J connectivity index is 2.90. The van der Waals surface area contributed by atoms with Crippen LogP contribution in [-0.2, 0) is 0 Å². The van der Waals surface area contributed by atoms with Gasteiger partial charge in [-0.1, -0.05) is 0 Å². The Morgan fingerprint density at radius 2 is 2.20 bits per heavy atom. The number of phenols is 1. The summed E-state index contributed by atoms with van der Waals surface area (Å²) in [5, 5.41) is 9.79. The number of ketones is 1. The van der Waals surface area contributed by atoms with Crippen LogP contribution in [0.2, 0.25) is 0 Å². The van der Waals surface area contributed by atoms with E-state index in [0.717, 1.165) is 0 Å². The summed E-state index contributed by atoms with van der Waals surface area (Å²) in [5.74, 6) is -0.453. The monoisotopic (exact) mass is 204 g/mol. The molecule has 15 heavy (non-hydrogen) atoms. The number of aromatic hydroxyl groups is 1. The van der Waals surface area contributed by atoms with Gasteiger partial charge in [0, 0.05) is 6.07 Å². The van der Waals surface area contributed by atoms with Gasteiger partial charge in [-0.3, -0.25) is 9.59 Å². The minimum atomic E-state index is -0.331. The molecular formula is C10H8N2O3. The van der Waals surface area contributed by atoms with Gasteiger partial charge in [-0.2, -0.15) is 0 Å². The van der Waals surface area contributed by atoms with E-state index in [-0.39, 0.29) is 22.7 Å². The van der Waals surface area contributed by atoms with E-state index in [9.17, 15) is 14.7 Å². The Bertz CT molecular complexity index is 601. The Kier molecular flexibility index (Phi) is 2.00. The standard InChI is InChI=1S/C10H8N2O3/c1-5(13)6-2-7-8(3-9(6)14)11-4-12-10(7)15/h2-4,14H,1H3,(H,11,12,15). The van der Waals surface area contributed by atoms with Crippen molar-refractivity contribution in [1.29, 1.82) is 0 Å². The third-order valence-corrected chi connectivity index (χ3v) is 2.14. The SMILES string of the molecule is CC(=O)c1cc2c(=O)[nH]cnc2cc1O. The van der Waals surface area contributed by atoms with Crippen LogP contribution in [0.5, 0.6) is 5.75 Å². The highest BCUT2D eigenvalue weighted by Crippen LogP contribution is 2.21. The zero-order chi connectivity index (χ0) is 11.0. The van der Waals surface area contributed by atoms with Crippen LogP contribution < -0.4 is 5.56 Å². The van der Waals surface area contributed by atoms with Crippen LogP contribution in [0.4, 0.5) is 0 Å². The van der Waals surface area contributed by atoms with E-state index < -0.39 is 0 Å². The lowest BCUT2D eigenvalue weighted by Crippen LogP contribution is -2.07. The number of rotatable bonds is 1. The van der Waals surface area contributed by atoms with Crippen LogP contribution in [-0.4, -0.2) is 20.9 Å². The van der Waals surface area contributed by atoms with Gasteiger partial charge >= 0.3 is 0 Å². The topological polar surface area (TPSA) is 83.0 Å². The molecule has 0 saturated carbocycles. The normalized spacial score (nSPS) is 10.5. The summed E-state index contributed by atoms with van der Waals surface area (Å²) in [6.07, 6.45) is 1.25. The number of aromatic nitrogens is 2. The van der Waals surface area contributed by atoms with E-state index in [1.54, 1.807) is 0 Å². The van der Waals surface area contributed by atoms with Crippen molar-refractivity contribution in [2.24, 2.45) is 0 Å². The van der Waals surface area contributed by atoms with Crippen LogP contribution in [0.3, 0.4) is 0 Å². The summed E-state index contributed by atoms with van der Waals surface area (Å²) in [6.45, 7) is 1.32. The second-order valence-corrected chi connectivity index (χ2v) is 3.17. The van der Waals surface area contributed by atoms with Gasteiger partial charge in [-0.25, -0.2) is 4.98 Å². The zero-order valence-corrected chi connectivity index (χ0v) is 7.94. The van der Waals surface area contributed by atoms with Gasteiger partial charge in [0.05, 0.1) is 22.8 Å². The fraction of sp³-hybridized carbons (Fsp3) is 0.100. The molecule has 0 aliphatic rings. The molecule has 0 bridgehead atoms. The number of carbonyl (C=O) groups is 1. The minimum absolute atomic E-state index is 0.126. The Labute approximate surface area is 84.4 Å². The first kappa shape index (κ1) is 9.39. The number of Topliss-reactive ketones (excluding diaryl/α,β-unsaturated/α-hetero) is 1. The first-order valence-electron chi connectivity index (χ1n) is 4.31. The highest BCUT2D eigenvalue weighted by Gasteiger charge is 2.10. The molecule has 5 heteroatoms. The summed E-state index contributed by atoms with van der Waals surface area (Å²) < 4.78 is 0. The van der Waals surface area contributed by atoms with Crippen LogP contribution in [0, 0.1) is 0 Å². The molecule has 1 heterocycles. The molecule has 0 atom stereocenters. The molecule has 0 saturated heterocycles. The van der Waals surface area contributed by atoms with E-state index in [0.29, 0.717) is 10.9 Å². The van der Waals surface area contributed by atoms with Gasteiger partial charge in [0.2, 0.25) is 0 Å². The highest BCUT2D eigenvalue weighted by molar-refractivity contribution is 6.00. The number of benzene rings is 1. The first-order chi connectivity index (χ1) is 7.09. The van der Waals surface area contributed by atoms with Crippen LogP contribution in [0.1, 0.15) is 17.3 Å². The number of aromatic amines is 1. The molecule has 1 aromatic carbocycles. The summed E-state index contributed by atoms with van der Waals surface area (Å²) in [4.78, 5) is 28.8. The highest BCUT2D eigenvalue weighted by atomic mass is 16.3. The van der Waals surface area contributed by atoms with E-state index in [1.807, 2.05) is 0 Å². The Hall–Kier alpha value is -2.17. The molecule has 76 valence electrons.